The molecule has 42 heavy (non-hydrogen) atoms. The first-order valence-electron chi connectivity index (χ1n) is 13.9. The van der Waals surface area contributed by atoms with E-state index < -0.39 is 68.8 Å². The summed E-state index contributed by atoms with van der Waals surface area (Å²) in [6.07, 6.45) is 1.52. The second-order valence-electron chi connectivity index (χ2n) is 10.9. The van der Waals surface area contributed by atoms with Gasteiger partial charge in [0.05, 0.1) is 37.7 Å². The van der Waals surface area contributed by atoms with Crippen molar-refractivity contribution in [3.8, 4) is 0 Å². The lowest BCUT2D eigenvalue weighted by atomic mass is 9.93. The number of fused-ring (bicyclic) bond motifs is 1. The van der Waals surface area contributed by atoms with E-state index in [1.807, 2.05) is 0 Å². The molecule has 0 radical (unpaired) electrons. The quantitative estimate of drug-likeness (QED) is 0.219. The maximum absolute atomic E-state index is 14.3. The van der Waals surface area contributed by atoms with Crippen molar-refractivity contribution in [2.75, 3.05) is 32.0 Å². The third-order valence-electron chi connectivity index (χ3n) is 8.14. The van der Waals surface area contributed by atoms with Crippen LogP contribution in [-0.4, -0.2) is 103 Å². The van der Waals surface area contributed by atoms with Gasteiger partial charge in [-0.2, -0.15) is 0 Å². The fraction of sp³-hybridized carbons (Fsp3) is 0.640. The number of nitrogens with zero attached hydrogens (tertiary/aromatic N) is 5. The number of aliphatic hydroxyl groups is 2. The molecule has 5 N–H and O–H groups in total. The Hall–Kier alpha value is -2.82. The summed E-state index contributed by atoms with van der Waals surface area (Å²) >= 11 is 0. The molecule has 16 nitrogen and oxygen atoms in total. The zero-order valence-corrected chi connectivity index (χ0v) is 23.8. The predicted molar refractivity (Wildman–Crippen MR) is 144 cm³/mol. The summed E-state index contributed by atoms with van der Waals surface area (Å²) in [5, 5.41) is 23.1. The standard InChI is InChI=1S/C25H34N7O9P/c1-13-6-14(25(36)30-24(13)35)16-7-15(34)19(39-16)10-38-42(37,31-4-2-3-5-31)41-17-8-20(40-18(17)9-33)32-12-29-21-22(26)27-11-28-23(21)32/h6,11-12,14-20,33-34H,2-5,7-10H2,1H3,(H2,26,27,28)(H,30,35,36)/t14?,15?,16-,17?,18-,19-,20-,42?/m1/s1. The molecule has 0 saturated carbocycles. The first-order valence-corrected chi connectivity index (χ1v) is 15.4. The minimum absolute atomic E-state index is 0.136. The van der Waals surface area contributed by atoms with Crippen molar-refractivity contribution in [3.05, 3.63) is 24.3 Å². The highest BCUT2D eigenvalue weighted by molar-refractivity contribution is 7.51. The van der Waals surface area contributed by atoms with Crippen LogP contribution in [0, 0.1) is 5.92 Å². The van der Waals surface area contributed by atoms with Gasteiger partial charge >= 0.3 is 7.75 Å². The number of anilines is 1. The highest BCUT2D eigenvalue weighted by Gasteiger charge is 2.47. The normalized spacial score (nSPS) is 33.7. The van der Waals surface area contributed by atoms with Crippen LogP contribution in [0.25, 0.3) is 11.2 Å². The van der Waals surface area contributed by atoms with Crippen molar-refractivity contribution in [2.45, 2.75) is 69.4 Å². The van der Waals surface area contributed by atoms with Crippen molar-refractivity contribution >= 4 is 36.5 Å². The minimum atomic E-state index is -3.94. The highest BCUT2D eigenvalue weighted by Crippen LogP contribution is 2.57. The van der Waals surface area contributed by atoms with Crippen molar-refractivity contribution in [1.82, 2.24) is 29.5 Å². The number of nitrogens with two attached hydrogens (primary N) is 1. The summed E-state index contributed by atoms with van der Waals surface area (Å²) in [5.74, 6) is -1.49. The first-order chi connectivity index (χ1) is 20.2. The molecular formula is C25H34N7O9P. The average molecular weight is 608 g/mol. The van der Waals surface area contributed by atoms with Gasteiger partial charge in [0.15, 0.2) is 11.5 Å². The van der Waals surface area contributed by atoms with Gasteiger partial charge in [0.2, 0.25) is 5.91 Å². The fourth-order valence-corrected chi connectivity index (χ4v) is 7.85. The number of nitrogens with one attached hydrogen (secondary N) is 1. The molecule has 6 rings (SSSR count). The van der Waals surface area contributed by atoms with Crippen LogP contribution in [0.1, 0.15) is 38.8 Å². The van der Waals surface area contributed by atoms with E-state index in [1.54, 1.807) is 16.2 Å². The number of carbonyl (C=O) groups excluding carboxylic acids is 2. The Morgan fingerprint density at radius 3 is 2.71 bits per heavy atom. The monoisotopic (exact) mass is 607 g/mol. The van der Waals surface area contributed by atoms with E-state index in [0.29, 0.717) is 29.8 Å². The molecule has 4 unspecified atom stereocenters. The Labute approximate surface area is 240 Å². The van der Waals surface area contributed by atoms with Crippen LogP contribution in [0.15, 0.2) is 24.3 Å². The lowest BCUT2D eigenvalue weighted by Gasteiger charge is -2.31. The van der Waals surface area contributed by atoms with Crippen LogP contribution in [0.3, 0.4) is 0 Å². The molecule has 0 aliphatic carbocycles. The molecular weight excluding hydrogens is 573 g/mol. The van der Waals surface area contributed by atoms with Gasteiger partial charge in [0, 0.05) is 31.5 Å². The molecule has 6 heterocycles. The molecule has 3 saturated heterocycles. The van der Waals surface area contributed by atoms with Crippen molar-refractivity contribution < 1.29 is 42.9 Å². The number of hydrogen-bond acceptors (Lipinski definition) is 13. The van der Waals surface area contributed by atoms with Gasteiger partial charge in [-0.05, 0) is 19.8 Å². The van der Waals surface area contributed by atoms with E-state index >= 15 is 0 Å². The number of aliphatic hydroxyl groups excluding tert-OH is 2. The maximum Gasteiger partial charge on any atom is 0.408 e. The Bertz CT molecular complexity index is 1430. The van der Waals surface area contributed by atoms with Crippen molar-refractivity contribution in [2.24, 2.45) is 5.92 Å². The molecule has 0 aromatic carbocycles. The van der Waals surface area contributed by atoms with Crippen LogP contribution >= 0.6 is 7.75 Å². The third kappa shape index (κ3) is 5.49. The Morgan fingerprint density at radius 1 is 1.17 bits per heavy atom. The molecule has 8 atom stereocenters. The molecule has 228 valence electrons. The van der Waals surface area contributed by atoms with Crippen molar-refractivity contribution in [1.29, 1.82) is 0 Å². The SMILES string of the molecule is CC1=CC([C@H]2CC(O)[C@@H](COP(=O)(OC3C[C@H](n4cnc5c(N)ncnc54)O[C@@H]3CO)N3CCCC3)O2)C(=O)NC1=O. The zero-order chi connectivity index (χ0) is 29.6. The van der Waals surface area contributed by atoms with E-state index in [0.717, 1.165) is 12.8 Å². The number of ether oxygens (including phenoxy) is 2. The van der Waals surface area contributed by atoms with Crippen LogP contribution in [0.2, 0.25) is 0 Å². The second-order valence-corrected chi connectivity index (χ2v) is 12.9. The van der Waals surface area contributed by atoms with E-state index in [9.17, 15) is 24.4 Å². The van der Waals surface area contributed by atoms with Crippen molar-refractivity contribution in [3.63, 3.8) is 0 Å². The Morgan fingerprint density at radius 2 is 1.95 bits per heavy atom. The summed E-state index contributed by atoms with van der Waals surface area (Å²) in [4.78, 5) is 36.6. The van der Waals surface area contributed by atoms with Gasteiger partial charge < -0.3 is 25.4 Å². The van der Waals surface area contributed by atoms with E-state index in [4.69, 9.17) is 24.3 Å². The summed E-state index contributed by atoms with van der Waals surface area (Å²) in [6.45, 7) is 1.91. The predicted octanol–water partition coefficient (Wildman–Crippen LogP) is 0.0313. The van der Waals surface area contributed by atoms with E-state index in [1.165, 1.54) is 18.7 Å². The number of hydrogen-bond donors (Lipinski definition) is 4. The highest BCUT2D eigenvalue weighted by atomic mass is 31.2. The molecule has 2 aromatic heterocycles. The molecule has 17 heteroatoms. The molecule has 2 aromatic rings. The smallest absolute Gasteiger partial charge is 0.394 e. The van der Waals surface area contributed by atoms with Crippen LogP contribution < -0.4 is 11.1 Å². The van der Waals surface area contributed by atoms with E-state index in [-0.39, 0.29) is 25.3 Å². The van der Waals surface area contributed by atoms with Crippen LogP contribution in [-0.2, 0) is 32.7 Å². The fourth-order valence-electron chi connectivity index (χ4n) is 5.82. The molecule has 3 fully saturated rings. The number of imidazole rings is 1. The van der Waals surface area contributed by atoms with Gasteiger partial charge in [-0.1, -0.05) is 6.08 Å². The first kappa shape index (κ1) is 29.3. The largest absolute Gasteiger partial charge is 0.408 e. The molecule has 2 amide bonds. The Balaban J connectivity index is 1.16. The number of rotatable bonds is 9. The molecule has 4 aliphatic heterocycles. The third-order valence-corrected chi connectivity index (χ3v) is 10.2. The lowest BCUT2D eigenvalue weighted by Crippen LogP contribution is -2.44. The summed E-state index contributed by atoms with van der Waals surface area (Å²) < 4.78 is 41.7. The van der Waals surface area contributed by atoms with Crippen LogP contribution in [0.4, 0.5) is 5.82 Å². The zero-order valence-electron chi connectivity index (χ0n) is 22.9. The van der Waals surface area contributed by atoms with Crippen LogP contribution in [0.5, 0.6) is 0 Å². The Kier molecular flexibility index (Phi) is 8.15. The molecule has 4 aliphatic rings. The summed E-state index contributed by atoms with van der Waals surface area (Å²) in [7, 11) is -3.94. The number of nitrogen functional groups attached to an aromatic ring is 1. The number of amides is 2. The lowest BCUT2D eigenvalue weighted by molar-refractivity contribution is -0.134. The van der Waals surface area contributed by atoms with Gasteiger partial charge in [-0.25, -0.2) is 24.2 Å². The maximum atomic E-state index is 14.3. The van der Waals surface area contributed by atoms with Gasteiger partial charge in [-0.15, -0.1) is 0 Å². The number of aromatic nitrogens is 4. The molecule has 0 spiro atoms. The number of carbonyl (C=O) groups is 2. The average Bonchev–Trinajstić information content (AvgIpc) is 3.76. The van der Waals surface area contributed by atoms with Gasteiger partial charge in [-0.3, -0.25) is 28.5 Å². The number of imide groups is 1. The molecule has 0 bridgehead atoms. The van der Waals surface area contributed by atoms with Gasteiger partial charge in [0.1, 0.15) is 36.4 Å². The van der Waals surface area contributed by atoms with Gasteiger partial charge in [0.25, 0.3) is 5.91 Å². The summed E-state index contributed by atoms with van der Waals surface area (Å²) in [5.41, 5.74) is 7.16. The second kappa shape index (κ2) is 11.7. The van der Waals surface area contributed by atoms with E-state index in [2.05, 4.69) is 20.3 Å². The minimum Gasteiger partial charge on any atom is -0.394 e. The topological polar surface area (TPSA) is 213 Å². The summed E-state index contributed by atoms with van der Waals surface area (Å²) in [6, 6.07) is 0.